The Balaban J connectivity index is 1.85. The number of anilines is 1. The first-order valence-corrected chi connectivity index (χ1v) is 10.2. The number of rotatable bonds is 5. The second-order valence-electron chi connectivity index (χ2n) is 7.73. The lowest BCUT2D eigenvalue weighted by Crippen LogP contribution is -2.12. The number of halogens is 1. The first-order chi connectivity index (χ1) is 15.8. The number of carboxylic acids is 1. The van der Waals surface area contributed by atoms with E-state index in [1.165, 1.54) is 24.3 Å². The zero-order valence-electron chi connectivity index (χ0n) is 17.8. The van der Waals surface area contributed by atoms with Crippen molar-refractivity contribution >= 4 is 22.6 Å². The van der Waals surface area contributed by atoms with E-state index in [9.17, 15) is 19.1 Å². The maximum Gasteiger partial charge on any atom is 0.337 e. The molecule has 4 aromatic rings. The first-order valence-electron chi connectivity index (χ1n) is 10.2. The standard InChI is InChI=1S/C26H19FN2O4/c1-14-9-19(15(2)29-22-6-4-3-5-18(22)26(31)32)25-20(10-14)23(30)12-24(33-25)16-7-8-17(13-28)21(27)11-16/h3-12,15,29H,1-2H3,(H,31,32). The van der Waals surface area contributed by atoms with Crippen LogP contribution >= 0.6 is 0 Å². The number of aryl methyl sites for hydroxylation is 1. The molecular weight excluding hydrogens is 423 g/mol. The van der Waals surface area contributed by atoms with Gasteiger partial charge in [0.25, 0.3) is 0 Å². The molecule has 0 radical (unpaired) electrons. The average Bonchev–Trinajstić information content (AvgIpc) is 2.79. The largest absolute Gasteiger partial charge is 0.478 e. The van der Waals surface area contributed by atoms with E-state index < -0.39 is 17.8 Å². The summed E-state index contributed by atoms with van der Waals surface area (Å²) in [4.78, 5) is 24.5. The highest BCUT2D eigenvalue weighted by Crippen LogP contribution is 2.31. The summed E-state index contributed by atoms with van der Waals surface area (Å²) in [5.41, 5.74) is 2.29. The second kappa shape index (κ2) is 8.60. The number of nitriles is 1. The van der Waals surface area contributed by atoms with Gasteiger partial charge in [-0.05, 0) is 55.8 Å². The molecule has 1 atom stereocenters. The van der Waals surface area contributed by atoms with Crippen LogP contribution in [0, 0.1) is 24.1 Å². The first kappa shape index (κ1) is 21.8. The minimum absolute atomic E-state index is 0.104. The molecule has 0 aliphatic heterocycles. The number of hydrogen-bond donors (Lipinski definition) is 2. The molecule has 2 N–H and O–H groups in total. The number of nitrogens with one attached hydrogen (secondary N) is 1. The summed E-state index contributed by atoms with van der Waals surface area (Å²) in [7, 11) is 0. The van der Waals surface area contributed by atoms with Gasteiger partial charge in [-0.2, -0.15) is 5.26 Å². The zero-order chi connectivity index (χ0) is 23.7. The quantitative estimate of drug-likeness (QED) is 0.414. The van der Waals surface area contributed by atoms with Crippen LogP contribution in [0.5, 0.6) is 0 Å². The highest BCUT2D eigenvalue weighted by Gasteiger charge is 2.18. The number of carboxylic acid groups (broad SMARTS) is 1. The molecule has 0 bridgehead atoms. The summed E-state index contributed by atoms with van der Waals surface area (Å²) >= 11 is 0. The fourth-order valence-electron chi connectivity index (χ4n) is 3.76. The monoisotopic (exact) mass is 442 g/mol. The number of para-hydroxylation sites is 1. The molecular formula is C26H19FN2O4. The Kier molecular flexibility index (Phi) is 5.67. The van der Waals surface area contributed by atoms with Crippen molar-refractivity contribution in [2.75, 3.05) is 5.32 Å². The molecule has 1 heterocycles. The highest BCUT2D eigenvalue weighted by molar-refractivity contribution is 5.94. The summed E-state index contributed by atoms with van der Waals surface area (Å²) in [6, 6.07) is 16.8. The van der Waals surface area contributed by atoms with Crippen LogP contribution in [0.3, 0.4) is 0 Å². The van der Waals surface area contributed by atoms with Crippen LogP contribution in [0.2, 0.25) is 0 Å². The predicted octanol–water partition coefficient (Wildman–Crippen LogP) is 5.65. The highest BCUT2D eigenvalue weighted by atomic mass is 19.1. The Hall–Kier alpha value is -4.44. The Morgan fingerprint density at radius 2 is 1.91 bits per heavy atom. The molecule has 0 aliphatic carbocycles. The van der Waals surface area contributed by atoms with E-state index in [-0.39, 0.29) is 22.3 Å². The van der Waals surface area contributed by atoms with Gasteiger partial charge in [0.05, 0.1) is 22.6 Å². The van der Waals surface area contributed by atoms with Gasteiger partial charge < -0.3 is 14.8 Å². The molecule has 0 amide bonds. The fourth-order valence-corrected chi connectivity index (χ4v) is 3.76. The molecule has 164 valence electrons. The molecule has 33 heavy (non-hydrogen) atoms. The van der Waals surface area contributed by atoms with Crippen molar-refractivity contribution in [3.8, 4) is 17.4 Å². The number of hydrogen-bond acceptors (Lipinski definition) is 5. The minimum Gasteiger partial charge on any atom is -0.478 e. The van der Waals surface area contributed by atoms with Crippen LogP contribution in [0.15, 0.2) is 69.9 Å². The number of nitrogens with zero attached hydrogens (tertiary/aromatic N) is 1. The Bertz CT molecular complexity index is 1500. The van der Waals surface area contributed by atoms with Gasteiger partial charge in [0.15, 0.2) is 5.43 Å². The minimum atomic E-state index is -1.06. The number of carbonyl (C=O) groups is 1. The summed E-state index contributed by atoms with van der Waals surface area (Å²) < 4.78 is 20.2. The Labute approximate surface area is 188 Å². The number of aromatic carboxylic acids is 1. The van der Waals surface area contributed by atoms with Gasteiger partial charge in [-0.25, -0.2) is 9.18 Å². The maximum atomic E-state index is 14.2. The van der Waals surface area contributed by atoms with E-state index >= 15 is 0 Å². The third-order valence-electron chi connectivity index (χ3n) is 5.37. The molecule has 1 aromatic heterocycles. The van der Waals surface area contributed by atoms with Crippen molar-refractivity contribution in [3.05, 3.63) is 99.0 Å². The van der Waals surface area contributed by atoms with Crippen LogP contribution in [-0.4, -0.2) is 11.1 Å². The van der Waals surface area contributed by atoms with E-state index in [0.717, 1.165) is 11.6 Å². The molecule has 3 aromatic carbocycles. The number of fused-ring (bicyclic) bond motifs is 1. The van der Waals surface area contributed by atoms with Crippen LogP contribution in [0.4, 0.5) is 10.1 Å². The van der Waals surface area contributed by atoms with Gasteiger partial charge in [-0.3, -0.25) is 4.79 Å². The van der Waals surface area contributed by atoms with Crippen molar-refractivity contribution in [1.82, 2.24) is 0 Å². The normalized spacial score (nSPS) is 11.7. The summed E-state index contributed by atoms with van der Waals surface area (Å²) in [6.07, 6.45) is 0. The van der Waals surface area contributed by atoms with Crippen LogP contribution in [0.25, 0.3) is 22.3 Å². The second-order valence-corrected chi connectivity index (χ2v) is 7.73. The van der Waals surface area contributed by atoms with Crippen molar-refractivity contribution < 1.29 is 18.7 Å². The molecule has 1 unspecified atom stereocenters. The van der Waals surface area contributed by atoms with Crippen LogP contribution < -0.4 is 10.7 Å². The lowest BCUT2D eigenvalue weighted by molar-refractivity contribution is 0.0698. The summed E-state index contributed by atoms with van der Waals surface area (Å²) in [6.45, 7) is 3.69. The molecule has 7 heteroatoms. The van der Waals surface area contributed by atoms with Crippen molar-refractivity contribution in [1.29, 1.82) is 5.26 Å². The van der Waals surface area contributed by atoms with E-state index in [4.69, 9.17) is 9.68 Å². The van der Waals surface area contributed by atoms with Gasteiger partial charge in [-0.15, -0.1) is 0 Å². The fraction of sp³-hybridized carbons (Fsp3) is 0.115. The molecule has 6 nitrogen and oxygen atoms in total. The predicted molar refractivity (Wildman–Crippen MR) is 123 cm³/mol. The SMILES string of the molecule is Cc1cc(C(C)Nc2ccccc2C(=O)O)c2oc(-c3ccc(C#N)c(F)c3)cc(=O)c2c1. The molecule has 4 rings (SSSR count). The molecule has 0 saturated carbocycles. The lowest BCUT2D eigenvalue weighted by Gasteiger charge is -2.19. The third kappa shape index (κ3) is 4.19. The summed E-state index contributed by atoms with van der Waals surface area (Å²) in [5, 5.41) is 22.0. The molecule has 0 spiro atoms. The smallest absolute Gasteiger partial charge is 0.337 e. The van der Waals surface area contributed by atoms with Gasteiger partial charge in [0.1, 0.15) is 23.2 Å². The molecule has 0 fully saturated rings. The van der Waals surface area contributed by atoms with Gasteiger partial charge in [0.2, 0.25) is 0 Å². The number of benzene rings is 3. The van der Waals surface area contributed by atoms with Crippen LogP contribution in [-0.2, 0) is 0 Å². The third-order valence-corrected chi connectivity index (χ3v) is 5.37. The van der Waals surface area contributed by atoms with Crippen LogP contribution in [0.1, 0.15) is 40.0 Å². The van der Waals surface area contributed by atoms with Crippen molar-refractivity contribution in [2.24, 2.45) is 0 Å². The maximum absolute atomic E-state index is 14.2. The summed E-state index contributed by atoms with van der Waals surface area (Å²) in [5.74, 6) is -1.60. The van der Waals surface area contributed by atoms with Gasteiger partial charge >= 0.3 is 5.97 Å². The zero-order valence-corrected chi connectivity index (χ0v) is 17.8. The van der Waals surface area contributed by atoms with E-state index in [0.29, 0.717) is 27.8 Å². The van der Waals surface area contributed by atoms with E-state index in [2.05, 4.69) is 5.32 Å². The Morgan fingerprint density at radius 1 is 1.15 bits per heavy atom. The van der Waals surface area contributed by atoms with Gasteiger partial charge in [-0.1, -0.05) is 18.2 Å². The lowest BCUT2D eigenvalue weighted by atomic mass is 10.00. The van der Waals surface area contributed by atoms with Crippen molar-refractivity contribution in [2.45, 2.75) is 19.9 Å². The molecule has 0 saturated heterocycles. The molecule has 0 aliphatic rings. The van der Waals surface area contributed by atoms with E-state index in [1.807, 2.05) is 19.9 Å². The topological polar surface area (TPSA) is 103 Å². The van der Waals surface area contributed by atoms with E-state index in [1.54, 1.807) is 30.3 Å². The van der Waals surface area contributed by atoms with Gasteiger partial charge in [0, 0.05) is 22.9 Å². The van der Waals surface area contributed by atoms with Crippen molar-refractivity contribution in [3.63, 3.8) is 0 Å². The Morgan fingerprint density at radius 3 is 2.61 bits per heavy atom. The average molecular weight is 442 g/mol.